The molecule has 112 valence electrons. The van der Waals surface area contributed by atoms with Gasteiger partial charge in [-0.2, -0.15) is 8.78 Å². The van der Waals surface area contributed by atoms with Gasteiger partial charge in [0.05, 0.1) is 6.10 Å². The summed E-state index contributed by atoms with van der Waals surface area (Å²) in [5, 5.41) is 10.3. The lowest BCUT2D eigenvalue weighted by molar-refractivity contribution is -0.0498. The Morgan fingerprint density at radius 2 is 1.76 bits per heavy atom. The van der Waals surface area contributed by atoms with E-state index in [-0.39, 0.29) is 22.8 Å². The highest BCUT2D eigenvalue weighted by Crippen LogP contribution is 2.27. The van der Waals surface area contributed by atoms with Gasteiger partial charge in [-0.15, -0.1) is 0 Å². The highest BCUT2D eigenvalue weighted by atomic mass is 35.5. The van der Waals surface area contributed by atoms with E-state index in [2.05, 4.69) is 4.74 Å². The van der Waals surface area contributed by atoms with Gasteiger partial charge in [0.15, 0.2) is 0 Å². The van der Waals surface area contributed by atoms with Gasteiger partial charge in [-0.3, -0.25) is 0 Å². The first kappa shape index (κ1) is 15.7. The number of ether oxygens (including phenoxy) is 1. The number of hydrogen-bond donors (Lipinski definition) is 1. The molecule has 2 aromatic carbocycles. The van der Waals surface area contributed by atoms with Crippen molar-refractivity contribution in [2.45, 2.75) is 19.1 Å². The summed E-state index contributed by atoms with van der Waals surface area (Å²) < 4.78 is 41.9. The van der Waals surface area contributed by atoms with E-state index in [4.69, 9.17) is 11.6 Å². The van der Waals surface area contributed by atoms with Crippen molar-refractivity contribution in [2.24, 2.45) is 0 Å². The van der Waals surface area contributed by atoms with E-state index in [1.165, 1.54) is 42.5 Å². The second-order valence-electron chi connectivity index (χ2n) is 4.37. The predicted molar refractivity (Wildman–Crippen MR) is 73.1 cm³/mol. The van der Waals surface area contributed by atoms with Crippen molar-refractivity contribution in [3.05, 3.63) is 64.4 Å². The molecule has 0 fully saturated rings. The maximum absolute atomic E-state index is 13.6. The van der Waals surface area contributed by atoms with Gasteiger partial charge in [-0.25, -0.2) is 4.39 Å². The van der Waals surface area contributed by atoms with Crippen LogP contribution in [0.3, 0.4) is 0 Å². The first-order valence-electron chi connectivity index (χ1n) is 6.13. The molecular formula is C15H12ClF3O2. The van der Waals surface area contributed by atoms with Crippen LogP contribution in [-0.4, -0.2) is 11.7 Å². The molecule has 0 amide bonds. The fourth-order valence-corrected chi connectivity index (χ4v) is 2.15. The highest BCUT2D eigenvalue weighted by molar-refractivity contribution is 6.31. The fourth-order valence-electron chi connectivity index (χ4n) is 1.91. The van der Waals surface area contributed by atoms with Crippen molar-refractivity contribution in [3.8, 4) is 5.75 Å². The zero-order valence-corrected chi connectivity index (χ0v) is 11.5. The summed E-state index contributed by atoms with van der Waals surface area (Å²) in [4.78, 5) is 0. The van der Waals surface area contributed by atoms with E-state index in [0.717, 1.165) is 0 Å². The molecule has 0 bridgehead atoms. The van der Waals surface area contributed by atoms with Crippen LogP contribution in [0.2, 0.25) is 5.02 Å². The van der Waals surface area contributed by atoms with E-state index >= 15 is 0 Å². The van der Waals surface area contributed by atoms with Crippen molar-refractivity contribution >= 4 is 11.6 Å². The topological polar surface area (TPSA) is 29.5 Å². The molecule has 0 radical (unpaired) electrons. The molecule has 0 aliphatic carbocycles. The lowest BCUT2D eigenvalue weighted by Gasteiger charge is -2.13. The normalized spacial score (nSPS) is 12.5. The van der Waals surface area contributed by atoms with E-state index in [9.17, 15) is 18.3 Å². The number of rotatable bonds is 5. The van der Waals surface area contributed by atoms with E-state index < -0.39 is 18.5 Å². The minimum atomic E-state index is -2.90. The van der Waals surface area contributed by atoms with Crippen molar-refractivity contribution < 1.29 is 23.0 Å². The average molecular weight is 317 g/mol. The van der Waals surface area contributed by atoms with Crippen LogP contribution >= 0.6 is 11.6 Å². The molecule has 2 nitrogen and oxygen atoms in total. The molecule has 1 N–H and O–H groups in total. The smallest absolute Gasteiger partial charge is 0.387 e. The Balaban J connectivity index is 2.11. The summed E-state index contributed by atoms with van der Waals surface area (Å²) in [5.74, 6) is -0.510. The first-order valence-corrected chi connectivity index (χ1v) is 6.51. The van der Waals surface area contributed by atoms with Gasteiger partial charge in [-0.05, 0) is 29.8 Å². The molecule has 0 saturated carbocycles. The second kappa shape index (κ2) is 6.83. The van der Waals surface area contributed by atoms with Gasteiger partial charge in [0.25, 0.3) is 0 Å². The second-order valence-corrected chi connectivity index (χ2v) is 4.77. The fraction of sp³-hybridized carbons (Fsp3) is 0.200. The number of halogens is 4. The Kier molecular flexibility index (Phi) is 5.09. The van der Waals surface area contributed by atoms with Crippen LogP contribution in [0.15, 0.2) is 42.5 Å². The average Bonchev–Trinajstić information content (AvgIpc) is 2.43. The standard InChI is InChI=1S/C15H12ClF3O2/c16-12-2-1-3-13(17)11(12)8-14(20)9-4-6-10(7-5-9)21-15(18)19/h1-7,14-15,20H,8H2. The number of hydrogen-bond acceptors (Lipinski definition) is 2. The van der Waals surface area contributed by atoms with Crippen LogP contribution in [0.5, 0.6) is 5.75 Å². The summed E-state index contributed by atoms with van der Waals surface area (Å²) in [5.41, 5.74) is 0.663. The van der Waals surface area contributed by atoms with Crippen LogP contribution in [0, 0.1) is 5.82 Å². The maximum Gasteiger partial charge on any atom is 0.387 e. The highest BCUT2D eigenvalue weighted by Gasteiger charge is 2.15. The molecule has 0 aliphatic heterocycles. The summed E-state index contributed by atoms with van der Waals surface area (Å²) >= 11 is 5.89. The SMILES string of the molecule is OC(Cc1c(F)cccc1Cl)c1ccc(OC(F)F)cc1. The van der Waals surface area contributed by atoms with Crippen LogP contribution in [0.25, 0.3) is 0 Å². The zero-order valence-electron chi connectivity index (χ0n) is 10.8. The van der Waals surface area contributed by atoms with Crippen molar-refractivity contribution in [3.63, 3.8) is 0 Å². The summed E-state index contributed by atoms with van der Waals surface area (Å²) in [6, 6.07) is 9.78. The molecule has 2 aromatic rings. The Labute approximate surface area is 124 Å². The number of aliphatic hydroxyl groups is 1. The third-order valence-corrected chi connectivity index (χ3v) is 3.30. The Morgan fingerprint density at radius 1 is 1.10 bits per heavy atom. The van der Waals surface area contributed by atoms with Gasteiger partial charge in [0, 0.05) is 17.0 Å². The van der Waals surface area contributed by atoms with Gasteiger partial charge in [0.1, 0.15) is 11.6 Å². The van der Waals surface area contributed by atoms with E-state index in [1.807, 2.05) is 0 Å². The Morgan fingerprint density at radius 3 is 2.33 bits per heavy atom. The van der Waals surface area contributed by atoms with Crippen LogP contribution < -0.4 is 4.74 Å². The molecule has 21 heavy (non-hydrogen) atoms. The largest absolute Gasteiger partial charge is 0.435 e. The molecule has 1 unspecified atom stereocenters. The third-order valence-electron chi connectivity index (χ3n) is 2.95. The van der Waals surface area contributed by atoms with Crippen LogP contribution in [-0.2, 0) is 6.42 Å². The molecule has 0 spiro atoms. The molecule has 1 atom stereocenters. The zero-order chi connectivity index (χ0) is 15.4. The number of aliphatic hydroxyl groups excluding tert-OH is 1. The first-order chi connectivity index (χ1) is 9.97. The minimum Gasteiger partial charge on any atom is -0.435 e. The summed E-state index contributed by atoms with van der Waals surface area (Å²) in [6.45, 7) is -2.90. The Bertz CT molecular complexity index is 582. The van der Waals surface area contributed by atoms with Gasteiger partial charge in [-0.1, -0.05) is 29.8 Å². The molecule has 0 heterocycles. The molecule has 6 heteroatoms. The number of benzene rings is 2. The molecule has 0 aromatic heterocycles. The third kappa shape index (κ3) is 4.12. The monoisotopic (exact) mass is 316 g/mol. The predicted octanol–water partition coefficient (Wildman–Crippen LogP) is 4.36. The van der Waals surface area contributed by atoms with Gasteiger partial charge < -0.3 is 9.84 Å². The minimum absolute atomic E-state index is 0.00938. The molecule has 0 saturated heterocycles. The van der Waals surface area contributed by atoms with Crippen molar-refractivity contribution in [2.75, 3.05) is 0 Å². The van der Waals surface area contributed by atoms with Crippen molar-refractivity contribution in [1.82, 2.24) is 0 Å². The lowest BCUT2D eigenvalue weighted by Crippen LogP contribution is -2.05. The van der Waals surface area contributed by atoms with Crippen LogP contribution in [0.4, 0.5) is 13.2 Å². The van der Waals surface area contributed by atoms with Gasteiger partial charge in [0.2, 0.25) is 0 Å². The maximum atomic E-state index is 13.6. The lowest BCUT2D eigenvalue weighted by atomic mass is 10.0. The van der Waals surface area contributed by atoms with Gasteiger partial charge >= 0.3 is 6.61 Å². The number of alkyl halides is 2. The van der Waals surface area contributed by atoms with E-state index in [0.29, 0.717) is 5.56 Å². The molecule has 0 aliphatic rings. The van der Waals surface area contributed by atoms with Crippen LogP contribution in [0.1, 0.15) is 17.2 Å². The van der Waals surface area contributed by atoms with E-state index in [1.54, 1.807) is 0 Å². The Hall–Kier alpha value is -1.72. The summed E-state index contributed by atoms with van der Waals surface area (Å²) in [6.07, 6.45) is -1.01. The summed E-state index contributed by atoms with van der Waals surface area (Å²) in [7, 11) is 0. The molecule has 2 rings (SSSR count). The molecular weight excluding hydrogens is 305 g/mol. The van der Waals surface area contributed by atoms with Crippen molar-refractivity contribution in [1.29, 1.82) is 0 Å². The quantitative estimate of drug-likeness (QED) is 0.888.